The molecule has 0 unspecified atom stereocenters. The highest BCUT2D eigenvalue weighted by molar-refractivity contribution is 7.16. The van der Waals surface area contributed by atoms with Crippen LogP contribution >= 0.6 is 11.3 Å². The molecule has 0 bridgehead atoms. The van der Waals surface area contributed by atoms with Gasteiger partial charge in [-0.15, -0.1) is 0 Å². The van der Waals surface area contributed by atoms with Crippen LogP contribution in [0.25, 0.3) is 11.6 Å². The lowest BCUT2D eigenvalue weighted by atomic mass is 10.1. The number of aliphatic imine (C=N–C) groups is 1. The maximum absolute atomic E-state index is 10.2. The van der Waals surface area contributed by atoms with Crippen molar-refractivity contribution in [1.29, 1.82) is 0 Å². The number of quaternary nitrogens is 1. The number of allylic oxidation sites excluding steroid dienone is 1. The van der Waals surface area contributed by atoms with E-state index in [1.165, 1.54) is 0 Å². The van der Waals surface area contributed by atoms with Crippen LogP contribution in [0, 0.1) is 0 Å². The molecule has 118 valence electrons. The number of hydrogen-bond donors (Lipinski definition) is 2. The molecular formula is C17H19N4OS+. The summed E-state index contributed by atoms with van der Waals surface area (Å²) in [5.41, 5.74) is 3.10. The molecule has 0 radical (unpaired) electrons. The third-order valence-corrected chi connectivity index (χ3v) is 5.41. The number of thiazole rings is 1. The molecule has 1 fully saturated rings. The Hall–Kier alpha value is -2.18. The van der Waals surface area contributed by atoms with Gasteiger partial charge < -0.3 is 14.9 Å². The van der Waals surface area contributed by atoms with Gasteiger partial charge in [0.15, 0.2) is 5.13 Å². The molecule has 0 spiro atoms. The van der Waals surface area contributed by atoms with Crippen LogP contribution in [0.15, 0.2) is 29.3 Å². The van der Waals surface area contributed by atoms with E-state index in [-0.39, 0.29) is 5.88 Å². The molecule has 1 saturated heterocycles. The number of aromatic nitrogens is 1. The van der Waals surface area contributed by atoms with E-state index < -0.39 is 0 Å². The number of piperazine rings is 1. The number of anilines is 1. The fourth-order valence-electron chi connectivity index (χ4n) is 2.92. The number of aromatic hydroxyl groups is 1. The van der Waals surface area contributed by atoms with Gasteiger partial charge in [-0.2, -0.15) is 4.98 Å². The van der Waals surface area contributed by atoms with Crippen molar-refractivity contribution in [3.63, 3.8) is 0 Å². The van der Waals surface area contributed by atoms with Crippen molar-refractivity contribution in [1.82, 2.24) is 4.98 Å². The molecule has 1 aromatic carbocycles. The van der Waals surface area contributed by atoms with Crippen LogP contribution in [0.1, 0.15) is 10.4 Å². The quantitative estimate of drug-likeness (QED) is 0.878. The summed E-state index contributed by atoms with van der Waals surface area (Å²) in [6, 6.07) is 8.04. The number of benzene rings is 1. The Bertz CT molecular complexity index is 788. The second-order valence-corrected chi connectivity index (χ2v) is 7.01. The van der Waals surface area contributed by atoms with Gasteiger partial charge in [0.1, 0.15) is 0 Å². The normalized spacial score (nSPS) is 19.5. The largest absolute Gasteiger partial charge is 0.492 e. The molecule has 2 aromatic rings. The topological polar surface area (TPSA) is 53.2 Å². The molecular weight excluding hydrogens is 308 g/mol. The van der Waals surface area contributed by atoms with Gasteiger partial charge in [0, 0.05) is 17.4 Å². The van der Waals surface area contributed by atoms with Crippen LogP contribution in [0.2, 0.25) is 0 Å². The van der Waals surface area contributed by atoms with Crippen molar-refractivity contribution in [3.05, 3.63) is 34.7 Å². The fourth-order valence-corrected chi connectivity index (χ4v) is 3.88. The third-order valence-electron chi connectivity index (χ3n) is 4.36. The summed E-state index contributed by atoms with van der Waals surface area (Å²) in [5, 5.41) is 11.1. The average Bonchev–Trinajstić information content (AvgIpc) is 3.13. The van der Waals surface area contributed by atoms with E-state index in [1.807, 2.05) is 30.5 Å². The van der Waals surface area contributed by atoms with Gasteiger partial charge >= 0.3 is 0 Å². The monoisotopic (exact) mass is 327 g/mol. The molecule has 1 aromatic heterocycles. The zero-order chi connectivity index (χ0) is 15.8. The second kappa shape index (κ2) is 5.79. The minimum atomic E-state index is 0.113. The SMILES string of the molecule is C[NH+]1CCN(c2nc(O)c(/C=C3\C=Nc4ccccc43)s2)CC1. The van der Waals surface area contributed by atoms with E-state index in [2.05, 4.69) is 28.0 Å². The van der Waals surface area contributed by atoms with Crippen LogP contribution in [-0.4, -0.2) is 49.5 Å². The van der Waals surface area contributed by atoms with Crippen molar-refractivity contribution >= 4 is 40.0 Å². The fraction of sp³-hybridized carbons (Fsp3) is 0.294. The van der Waals surface area contributed by atoms with Crippen molar-refractivity contribution in [2.45, 2.75) is 0 Å². The first kappa shape index (κ1) is 14.4. The maximum Gasteiger partial charge on any atom is 0.231 e. The summed E-state index contributed by atoms with van der Waals surface area (Å²) >= 11 is 1.55. The Morgan fingerprint density at radius 3 is 2.87 bits per heavy atom. The van der Waals surface area contributed by atoms with Gasteiger partial charge in [-0.3, -0.25) is 4.99 Å². The van der Waals surface area contributed by atoms with E-state index in [0.717, 1.165) is 53.0 Å². The van der Waals surface area contributed by atoms with Crippen molar-refractivity contribution < 1.29 is 10.0 Å². The van der Waals surface area contributed by atoms with Crippen LogP contribution in [0.5, 0.6) is 5.88 Å². The molecule has 23 heavy (non-hydrogen) atoms. The standard InChI is InChI=1S/C17H18N4OS/c1-20-6-8-21(9-7-20)17-19-16(22)15(23-17)10-12-11-18-14-5-3-2-4-13(12)14/h2-5,10-11,22H,6-9H2,1H3/p+1/b12-10+. The molecule has 2 aliphatic heterocycles. The zero-order valence-electron chi connectivity index (χ0n) is 13.0. The number of nitrogens with zero attached hydrogens (tertiary/aromatic N) is 3. The predicted molar refractivity (Wildman–Crippen MR) is 95.1 cm³/mol. The summed E-state index contributed by atoms with van der Waals surface area (Å²) in [5.74, 6) is 0.113. The van der Waals surface area contributed by atoms with E-state index in [4.69, 9.17) is 0 Å². The number of para-hydroxylation sites is 1. The lowest BCUT2D eigenvalue weighted by Gasteiger charge is -2.29. The van der Waals surface area contributed by atoms with Crippen molar-refractivity contribution in [2.24, 2.45) is 4.99 Å². The average molecular weight is 327 g/mol. The number of rotatable bonds is 2. The van der Waals surface area contributed by atoms with E-state index in [0.29, 0.717) is 0 Å². The molecule has 0 amide bonds. The highest BCUT2D eigenvalue weighted by atomic mass is 32.1. The molecule has 5 nitrogen and oxygen atoms in total. The summed E-state index contributed by atoms with van der Waals surface area (Å²) in [7, 11) is 2.21. The molecule has 2 N–H and O–H groups in total. The Morgan fingerprint density at radius 2 is 2.04 bits per heavy atom. The first-order valence-electron chi connectivity index (χ1n) is 7.82. The number of fused-ring (bicyclic) bond motifs is 1. The number of nitrogens with one attached hydrogen (secondary N) is 1. The summed E-state index contributed by atoms with van der Waals surface area (Å²) < 4.78 is 0. The Labute approximate surface area is 139 Å². The lowest BCUT2D eigenvalue weighted by molar-refractivity contribution is -0.880. The van der Waals surface area contributed by atoms with Gasteiger partial charge in [-0.05, 0) is 12.1 Å². The second-order valence-electron chi connectivity index (χ2n) is 6.00. The molecule has 0 atom stereocenters. The highest BCUT2D eigenvalue weighted by Gasteiger charge is 2.21. The number of likely N-dealkylation sites (N-methyl/N-ethyl adjacent to an activating group) is 1. The van der Waals surface area contributed by atoms with Crippen molar-refractivity contribution in [3.8, 4) is 5.88 Å². The van der Waals surface area contributed by atoms with Gasteiger partial charge in [0.25, 0.3) is 0 Å². The molecule has 0 aliphatic carbocycles. The predicted octanol–water partition coefficient (Wildman–Crippen LogP) is 1.44. The maximum atomic E-state index is 10.2. The van der Waals surface area contributed by atoms with E-state index in [1.54, 1.807) is 16.2 Å². The first-order valence-corrected chi connectivity index (χ1v) is 8.63. The minimum Gasteiger partial charge on any atom is -0.492 e. The molecule has 2 aliphatic rings. The molecule has 0 saturated carbocycles. The van der Waals surface area contributed by atoms with Crippen LogP contribution in [0.4, 0.5) is 10.8 Å². The number of hydrogen-bond acceptors (Lipinski definition) is 5. The smallest absolute Gasteiger partial charge is 0.231 e. The molecule has 3 heterocycles. The van der Waals surface area contributed by atoms with E-state index >= 15 is 0 Å². The first-order chi connectivity index (χ1) is 11.2. The van der Waals surface area contributed by atoms with Crippen molar-refractivity contribution in [2.75, 3.05) is 38.1 Å². The van der Waals surface area contributed by atoms with E-state index in [9.17, 15) is 5.11 Å². The lowest BCUT2D eigenvalue weighted by Crippen LogP contribution is -3.12. The summed E-state index contributed by atoms with van der Waals surface area (Å²) in [4.78, 5) is 13.4. The van der Waals surface area contributed by atoms with Crippen LogP contribution in [-0.2, 0) is 0 Å². The van der Waals surface area contributed by atoms with Gasteiger partial charge in [-0.1, -0.05) is 29.5 Å². The summed E-state index contributed by atoms with van der Waals surface area (Å²) in [6.07, 6.45) is 3.83. The molecule has 4 rings (SSSR count). The van der Waals surface area contributed by atoms with Gasteiger partial charge in [-0.25, -0.2) is 0 Å². The Balaban J connectivity index is 1.61. The van der Waals surface area contributed by atoms with Crippen LogP contribution < -0.4 is 9.80 Å². The zero-order valence-corrected chi connectivity index (χ0v) is 13.8. The Kier molecular flexibility index (Phi) is 3.63. The minimum absolute atomic E-state index is 0.113. The Morgan fingerprint density at radius 1 is 1.26 bits per heavy atom. The van der Waals surface area contributed by atoms with Crippen LogP contribution in [0.3, 0.4) is 0 Å². The third kappa shape index (κ3) is 2.75. The summed E-state index contributed by atoms with van der Waals surface area (Å²) in [6.45, 7) is 4.19. The molecule has 6 heteroatoms. The van der Waals surface area contributed by atoms with Gasteiger partial charge in [0.05, 0.1) is 43.8 Å². The highest BCUT2D eigenvalue weighted by Crippen LogP contribution is 2.37. The van der Waals surface area contributed by atoms with Gasteiger partial charge in [0.2, 0.25) is 5.88 Å².